The van der Waals surface area contributed by atoms with Gasteiger partial charge in [0.15, 0.2) is 6.61 Å². The Labute approximate surface area is 175 Å². The summed E-state index contributed by atoms with van der Waals surface area (Å²) in [6.07, 6.45) is 0. The van der Waals surface area contributed by atoms with E-state index in [2.05, 4.69) is 5.32 Å². The van der Waals surface area contributed by atoms with E-state index in [4.69, 9.17) is 16.3 Å². The third-order valence-electron chi connectivity index (χ3n) is 4.33. The Hall–Kier alpha value is -2.60. The van der Waals surface area contributed by atoms with Crippen molar-refractivity contribution in [3.05, 3.63) is 64.9 Å². The van der Waals surface area contributed by atoms with Gasteiger partial charge in [0.1, 0.15) is 17.6 Å². The van der Waals surface area contributed by atoms with E-state index in [1.807, 2.05) is 26.0 Å². The molecule has 0 aliphatic carbocycles. The van der Waals surface area contributed by atoms with Crippen LogP contribution in [0, 0.1) is 11.7 Å². The number of benzene rings is 2. The Morgan fingerprint density at radius 2 is 1.76 bits per heavy atom. The molecule has 2 aromatic rings. The lowest BCUT2D eigenvalue weighted by Crippen LogP contribution is -2.49. The van der Waals surface area contributed by atoms with Crippen molar-refractivity contribution in [1.82, 2.24) is 10.2 Å². The van der Waals surface area contributed by atoms with Gasteiger partial charge in [-0.15, -0.1) is 0 Å². The summed E-state index contributed by atoms with van der Waals surface area (Å²) in [6.45, 7) is 6.06. The van der Waals surface area contributed by atoms with Crippen molar-refractivity contribution < 1.29 is 18.7 Å². The smallest absolute Gasteiger partial charge is 0.261 e. The quantitative estimate of drug-likeness (QED) is 0.665. The topological polar surface area (TPSA) is 58.6 Å². The first-order valence-corrected chi connectivity index (χ1v) is 9.84. The molecule has 0 aliphatic heterocycles. The molecule has 5 nitrogen and oxygen atoms in total. The fourth-order valence-corrected chi connectivity index (χ4v) is 2.80. The number of ether oxygens (including phenoxy) is 1. The average molecular weight is 421 g/mol. The van der Waals surface area contributed by atoms with E-state index >= 15 is 0 Å². The Morgan fingerprint density at radius 3 is 2.38 bits per heavy atom. The van der Waals surface area contributed by atoms with Crippen molar-refractivity contribution in [1.29, 1.82) is 0 Å². The largest absolute Gasteiger partial charge is 0.484 e. The Kier molecular flexibility index (Phi) is 8.46. The number of halogens is 2. The summed E-state index contributed by atoms with van der Waals surface area (Å²) in [5, 5.41) is 3.36. The van der Waals surface area contributed by atoms with Gasteiger partial charge in [-0.2, -0.15) is 0 Å². The van der Waals surface area contributed by atoms with Crippen LogP contribution in [0.15, 0.2) is 48.5 Å². The van der Waals surface area contributed by atoms with E-state index in [1.54, 1.807) is 19.1 Å². The Bertz CT molecular complexity index is 827. The molecule has 2 aromatic carbocycles. The third-order valence-corrected chi connectivity index (χ3v) is 4.70. The molecule has 0 radical (unpaired) electrons. The lowest BCUT2D eigenvalue weighted by molar-refractivity contribution is -0.142. The SMILES string of the molecule is CC(C)CNC(=O)[C@@H](C)N(Cc1ccccc1Cl)C(=O)COc1ccc(F)cc1. The second-order valence-corrected chi connectivity index (χ2v) is 7.58. The number of hydrogen-bond acceptors (Lipinski definition) is 3. The van der Waals surface area contributed by atoms with E-state index in [1.165, 1.54) is 29.2 Å². The normalized spacial score (nSPS) is 11.8. The molecule has 1 N–H and O–H groups in total. The van der Waals surface area contributed by atoms with Gasteiger partial charge in [0.05, 0.1) is 0 Å². The monoisotopic (exact) mass is 420 g/mol. The first-order chi connectivity index (χ1) is 13.8. The molecule has 156 valence electrons. The molecule has 0 unspecified atom stereocenters. The highest BCUT2D eigenvalue weighted by molar-refractivity contribution is 6.31. The maximum absolute atomic E-state index is 13.0. The number of carbonyl (C=O) groups is 2. The summed E-state index contributed by atoms with van der Waals surface area (Å²) in [7, 11) is 0. The van der Waals surface area contributed by atoms with Gasteiger partial charge in [-0.1, -0.05) is 43.6 Å². The van der Waals surface area contributed by atoms with Crippen LogP contribution in [0.5, 0.6) is 5.75 Å². The van der Waals surface area contributed by atoms with E-state index in [9.17, 15) is 14.0 Å². The Balaban J connectivity index is 2.13. The van der Waals surface area contributed by atoms with Gasteiger partial charge in [0, 0.05) is 18.1 Å². The summed E-state index contributed by atoms with van der Waals surface area (Å²) >= 11 is 6.24. The van der Waals surface area contributed by atoms with Crippen LogP contribution in [-0.2, 0) is 16.1 Å². The number of nitrogens with one attached hydrogen (secondary N) is 1. The van der Waals surface area contributed by atoms with Crippen LogP contribution in [0.1, 0.15) is 26.3 Å². The van der Waals surface area contributed by atoms with Gasteiger partial charge in [0.25, 0.3) is 5.91 Å². The van der Waals surface area contributed by atoms with Crippen molar-refractivity contribution >= 4 is 23.4 Å². The molecule has 0 bridgehead atoms. The van der Waals surface area contributed by atoms with Crippen molar-refractivity contribution in [2.45, 2.75) is 33.4 Å². The summed E-state index contributed by atoms with van der Waals surface area (Å²) in [6, 6.07) is 11.8. The molecule has 0 heterocycles. The van der Waals surface area contributed by atoms with Crippen molar-refractivity contribution in [2.24, 2.45) is 5.92 Å². The summed E-state index contributed by atoms with van der Waals surface area (Å²) in [4.78, 5) is 26.9. The molecular formula is C22H26ClFN2O3. The van der Waals surface area contributed by atoms with Crippen LogP contribution in [0.2, 0.25) is 5.02 Å². The molecule has 0 saturated heterocycles. The number of carbonyl (C=O) groups excluding carboxylic acids is 2. The van der Waals surface area contributed by atoms with Gasteiger partial charge >= 0.3 is 0 Å². The average Bonchev–Trinajstić information content (AvgIpc) is 2.70. The first kappa shape index (κ1) is 22.7. The molecule has 2 rings (SSSR count). The molecule has 29 heavy (non-hydrogen) atoms. The van der Waals surface area contributed by atoms with Gasteiger partial charge in [0.2, 0.25) is 5.91 Å². The maximum atomic E-state index is 13.0. The lowest BCUT2D eigenvalue weighted by atomic mass is 10.1. The molecule has 1 atom stereocenters. The summed E-state index contributed by atoms with van der Waals surface area (Å²) in [5.41, 5.74) is 0.729. The highest BCUT2D eigenvalue weighted by Crippen LogP contribution is 2.19. The predicted molar refractivity (Wildman–Crippen MR) is 111 cm³/mol. The van der Waals surface area contributed by atoms with Crippen LogP contribution >= 0.6 is 11.6 Å². The molecule has 7 heteroatoms. The summed E-state index contributed by atoms with van der Waals surface area (Å²) < 4.78 is 18.5. The van der Waals surface area contributed by atoms with Crippen LogP contribution in [0.4, 0.5) is 4.39 Å². The zero-order chi connectivity index (χ0) is 21.4. The number of hydrogen-bond donors (Lipinski definition) is 1. The lowest BCUT2D eigenvalue weighted by Gasteiger charge is -2.29. The summed E-state index contributed by atoms with van der Waals surface area (Å²) in [5.74, 6) is -0.350. The molecule has 0 aromatic heterocycles. The van der Waals surface area contributed by atoms with Crippen LogP contribution in [-0.4, -0.2) is 35.9 Å². The number of amides is 2. The van der Waals surface area contributed by atoms with E-state index in [0.717, 1.165) is 5.56 Å². The second kappa shape index (κ2) is 10.8. The standard InChI is InChI=1S/C22H26ClFN2O3/c1-15(2)12-25-22(28)16(3)26(13-17-6-4-5-7-20(17)23)21(27)14-29-19-10-8-18(24)9-11-19/h4-11,15-16H,12-14H2,1-3H3,(H,25,28)/t16-/m1/s1. The van der Waals surface area contributed by atoms with E-state index in [0.29, 0.717) is 23.2 Å². The maximum Gasteiger partial charge on any atom is 0.261 e. The number of rotatable bonds is 9. The highest BCUT2D eigenvalue weighted by atomic mass is 35.5. The zero-order valence-electron chi connectivity index (χ0n) is 16.8. The Morgan fingerprint density at radius 1 is 1.10 bits per heavy atom. The van der Waals surface area contributed by atoms with Gasteiger partial charge in [-0.3, -0.25) is 9.59 Å². The molecule has 2 amide bonds. The van der Waals surface area contributed by atoms with E-state index in [-0.39, 0.29) is 30.8 Å². The number of nitrogens with zero attached hydrogens (tertiary/aromatic N) is 1. The van der Waals surface area contributed by atoms with Crippen molar-refractivity contribution in [3.63, 3.8) is 0 Å². The molecule has 0 saturated carbocycles. The van der Waals surface area contributed by atoms with Crippen LogP contribution in [0.25, 0.3) is 0 Å². The fraction of sp³-hybridized carbons (Fsp3) is 0.364. The minimum atomic E-state index is -0.714. The van der Waals surface area contributed by atoms with Crippen molar-refractivity contribution in [2.75, 3.05) is 13.2 Å². The molecule has 0 fully saturated rings. The molecule has 0 spiro atoms. The third kappa shape index (κ3) is 7.06. The van der Waals surface area contributed by atoms with Gasteiger partial charge in [-0.05, 0) is 48.7 Å². The van der Waals surface area contributed by atoms with Crippen molar-refractivity contribution in [3.8, 4) is 5.75 Å². The first-order valence-electron chi connectivity index (χ1n) is 9.47. The highest BCUT2D eigenvalue weighted by Gasteiger charge is 2.27. The van der Waals surface area contributed by atoms with E-state index < -0.39 is 6.04 Å². The second-order valence-electron chi connectivity index (χ2n) is 7.17. The van der Waals surface area contributed by atoms with Crippen LogP contribution < -0.4 is 10.1 Å². The minimum absolute atomic E-state index is 0.168. The minimum Gasteiger partial charge on any atom is -0.484 e. The fourth-order valence-electron chi connectivity index (χ4n) is 2.60. The predicted octanol–water partition coefficient (Wildman–Crippen LogP) is 4.05. The van der Waals surface area contributed by atoms with Gasteiger partial charge < -0.3 is 15.0 Å². The molecule has 0 aliphatic rings. The van der Waals surface area contributed by atoms with Crippen LogP contribution in [0.3, 0.4) is 0 Å². The molecular weight excluding hydrogens is 395 g/mol. The zero-order valence-corrected chi connectivity index (χ0v) is 17.6. The van der Waals surface area contributed by atoms with Gasteiger partial charge in [-0.25, -0.2) is 4.39 Å².